The molecule has 0 saturated carbocycles. The molecule has 0 bridgehead atoms. The first-order chi connectivity index (χ1) is 10.6. The molecule has 1 aliphatic rings. The molecule has 0 radical (unpaired) electrons. The molecule has 3 nitrogen and oxygen atoms in total. The van der Waals surface area contributed by atoms with E-state index in [-0.39, 0.29) is 11.7 Å². The first kappa shape index (κ1) is 15.0. The van der Waals surface area contributed by atoms with Gasteiger partial charge in [0.1, 0.15) is 5.75 Å². The first-order valence-electron chi connectivity index (χ1n) is 7.30. The molecule has 22 heavy (non-hydrogen) atoms. The van der Waals surface area contributed by atoms with Gasteiger partial charge >= 0.3 is 0 Å². The van der Waals surface area contributed by atoms with E-state index in [2.05, 4.69) is 24.3 Å². The van der Waals surface area contributed by atoms with E-state index in [0.29, 0.717) is 5.75 Å². The molecule has 0 aromatic heterocycles. The summed E-state index contributed by atoms with van der Waals surface area (Å²) in [5.74, 6) is 0.418. The fourth-order valence-corrected chi connectivity index (χ4v) is 4.10. The molecule has 0 aliphatic heterocycles. The Morgan fingerprint density at radius 3 is 2.59 bits per heavy atom. The second-order valence-electron chi connectivity index (χ2n) is 5.80. The van der Waals surface area contributed by atoms with Gasteiger partial charge in [-0.05, 0) is 34.2 Å². The molecule has 0 saturated heterocycles. The predicted octanol–water partition coefficient (Wildman–Crippen LogP) is 2.59. The maximum Gasteiger partial charge on any atom is 0.234 e. The van der Waals surface area contributed by atoms with Crippen LogP contribution in [0.3, 0.4) is 0 Å². The van der Waals surface area contributed by atoms with Crippen molar-refractivity contribution in [2.75, 3.05) is 19.8 Å². The number of amides is 1. The molecule has 2 aromatic rings. The summed E-state index contributed by atoms with van der Waals surface area (Å²) >= 11 is 0. The van der Waals surface area contributed by atoms with E-state index >= 15 is 0 Å². The van der Waals surface area contributed by atoms with Crippen LogP contribution in [0, 0.1) is 0 Å². The summed E-state index contributed by atoms with van der Waals surface area (Å²) < 4.78 is 12.3. The number of benzene rings is 2. The molecule has 0 heterocycles. The quantitative estimate of drug-likeness (QED) is 0.742. The predicted molar refractivity (Wildman–Crippen MR) is 90.1 cm³/mol. The second-order valence-corrected chi connectivity index (χ2v) is 7.26. The molecule has 0 fully saturated rings. The SMILES string of the molecule is CN(C)C(=O)CS(=O)Cc1cccc2c1-c1ccccc1C2. The number of nitrogens with zero attached hydrogens (tertiary/aromatic N) is 1. The van der Waals surface area contributed by atoms with Gasteiger partial charge in [0, 0.05) is 30.6 Å². The minimum Gasteiger partial charge on any atom is -0.348 e. The van der Waals surface area contributed by atoms with Crippen LogP contribution < -0.4 is 0 Å². The lowest BCUT2D eigenvalue weighted by Crippen LogP contribution is -2.27. The zero-order chi connectivity index (χ0) is 15.7. The molecule has 4 heteroatoms. The Morgan fingerprint density at radius 1 is 1.09 bits per heavy atom. The highest BCUT2D eigenvalue weighted by Gasteiger charge is 2.22. The lowest BCUT2D eigenvalue weighted by Gasteiger charge is -2.12. The zero-order valence-electron chi connectivity index (χ0n) is 12.8. The van der Waals surface area contributed by atoms with E-state index in [1.807, 2.05) is 18.2 Å². The third-order valence-electron chi connectivity index (χ3n) is 4.00. The summed E-state index contributed by atoms with van der Waals surface area (Å²) in [4.78, 5) is 13.2. The third-order valence-corrected chi connectivity index (χ3v) is 5.21. The van der Waals surface area contributed by atoms with Crippen LogP contribution >= 0.6 is 0 Å². The van der Waals surface area contributed by atoms with Crippen LogP contribution in [0.5, 0.6) is 0 Å². The van der Waals surface area contributed by atoms with Crippen molar-refractivity contribution >= 4 is 16.7 Å². The van der Waals surface area contributed by atoms with Crippen LogP contribution in [0.4, 0.5) is 0 Å². The number of rotatable bonds is 4. The van der Waals surface area contributed by atoms with Crippen LogP contribution in [0.15, 0.2) is 42.5 Å². The average Bonchev–Trinajstić information content (AvgIpc) is 2.86. The third kappa shape index (κ3) is 2.83. The molecule has 114 valence electrons. The average molecular weight is 313 g/mol. The van der Waals surface area contributed by atoms with Gasteiger partial charge in [0.25, 0.3) is 0 Å². The topological polar surface area (TPSA) is 37.4 Å². The fourth-order valence-electron chi connectivity index (χ4n) is 2.88. The van der Waals surface area contributed by atoms with Gasteiger partial charge in [-0.25, -0.2) is 0 Å². The van der Waals surface area contributed by atoms with E-state index in [0.717, 1.165) is 12.0 Å². The molecular weight excluding hydrogens is 294 g/mol. The van der Waals surface area contributed by atoms with Crippen molar-refractivity contribution in [2.24, 2.45) is 0 Å². The molecule has 0 spiro atoms. The molecule has 3 rings (SSSR count). The summed E-state index contributed by atoms with van der Waals surface area (Å²) in [6, 6.07) is 14.5. The lowest BCUT2D eigenvalue weighted by molar-refractivity contribution is -0.125. The Kier molecular flexibility index (Phi) is 4.12. The molecule has 1 atom stereocenters. The Bertz CT molecular complexity index is 753. The van der Waals surface area contributed by atoms with Gasteiger partial charge in [-0.2, -0.15) is 0 Å². The van der Waals surface area contributed by atoms with Crippen molar-refractivity contribution in [2.45, 2.75) is 12.2 Å². The van der Waals surface area contributed by atoms with E-state index in [9.17, 15) is 9.00 Å². The van der Waals surface area contributed by atoms with E-state index in [1.165, 1.54) is 27.2 Å². The highest BCUT2D eigenvalue weighted by atomic mass is 32.2. The van der Waals surface area contributed by atoms with Crippen LogP contribution in [-0.4, -0.2) is 34.9 Å². The van der Waals surface area contributed by atoms with Crippen LogP contribution in [0.1, 0.15) is 16.7 Å². The van der Waals surface area contributed by atoms with Crippen molar-refractivity contribution in [3.63, 3.8) is 0 Å². The normalized spacial score (nSPS) is 13.4. The Balaban J connectivity index is 1.87. The Labute approximate surface area is 133 Å². The summed E-state index contributed by atoms with van der Waals surface area (Å²) in [6.45, 7) is 0. The molecule has 1 unspecified atom stereocenters. The molecular formula is C18H19NO2S. The molecule has 1 aliphatic carbocycles. The van der Waals surface area contributed by atoms with Gasteiger partial charge in [0.2, 0.25) is 5.91 Å². The molecule has 1 amide bonds. The standard InChI is InChI=1S/C18H19NO2S/c1-19(2)17(20)12-22(21)11-15-8-5-7-14-10-13-6-3-4-9-16(13)18(14)15/h3-9H,10-12H2,1-2H3. The van der Waals surface area contributed by atoms with E-state index in [4.69, 9.17) is 0 Å². The summed E-state index contributed by atoms with van der Waals surface area (Å²) in [6.07, 6.45) is 0.933. The first-order valence-corrected chi connectivity index (χ1v) is 8.79. The van der Waals surface area contributed by atoms with Crippen molar-refractivity contribution in [3.05, 3.63) is 59.2 Å². The summed E-state index contributed by atoms with van der Waals surface area (Å²) in [5, 5.41) is 0. The van der Waals surface area contributed by atoms with Crippen molar-refractivity contribution in [1.82, 2.24) is 4.90 Å². The van der Waals surface area contributed by atoms with Gasteiger partial charge in [0.15, 0.2) is 0 Å². The maximum atomic E-state index is 12.3. The highest BCUT2D eigenvalue weighted by molar-refractivity contribution is 7.84. The number of hydrogen-bond donors (Lipinski definition) is 0. The minimum absolute atomic E-state index is 0.0817. The lowest BCUT2D eigenvalue weighted by atomic mass is 10.0. The number of fused-ring (bicyclic) bond motifs is 3. The van der Waals surface area contributed by atoms with Crippen molar-refractivity contribution < 1.29 is 9.00 Å². The Morgan fingerprint density at radius 2 is 1.82 bits per heavy atom. The van der Waals surface area contributed by atoms with E-state index in [1.54, 1.807) is 14.1 Å². The van der Waals surface area contributed by atoms with Gasteiger partial charge in [-0.1, -0.05) is 42.5 Å². The number of carbonyl (C=O) groups excluding carboxylic acids is 1. The van der Waals surface area contributed by atoms with Crippen LogP contribution in [0.25, 0.3) is 11.1 Å². The fraction of sp³-hybridized carbons (Fsp3) is 0.278. The highest BCUT2D eigenvalue weighted by Crippen LogP contribution is 2.39. The van der Waals surface area contributed by atoms with Crippen LogP contribution in [0.2, 0.25) is 0 Å². The summed E-state index contributed by atoms with van der Waals surface area (Å²) in [7, 11) is 2.20. The van der Waals surface area contributed by atoms with Crippen molar-refractivity contribution in [1.29, 1.82) is 0 Å². The van der Waals surface area contributed by atoms with Crippen molar-refractivity contribution in [3.8, 4) is 11.1 Å². The Hall–Kier alpha value is -1.94. The number of hydrogen-bond acceptors (Lipinski definition) is 2. The van der Waals surface area contributed by atoms with Gasteiger partial charge in [0.05, 0.1) is 0 Å². The second kappa shape index (κ2) is 6.05. The smallest absolute Gasteiger partial charge is 0.234 e. The molecule has 2 aromatic carbocycles. The summed E-state index contributed by atoms with van der Waals surface area (Å²) in [5.41, 5.74) is 6.13. The van der Waals surface area contributed by atoms with Gasteiger partial charge in [-0.3, -0.25) is 9.00 Å². The minimum atomic E-state index is -1.18. The largest absolute Gasteiger partial charge is 0.348 e. The monoisotopic (exact) mass is 313 g/mol. The maximum absolute atomic E-state index is 12.3. The number of carbonyl (C=O) groups is 1. The van der Waals surface area contributed by atoms with Gasteiger partial charge in [-0.15, -0.1) is 0 Å². The van der Waals surface area contributed by atoms with Gasteiger partial charge < -0.3 is 4.90 Å². The molecule has 0 N–H and O–H groups in total. The zero-order valence-corrected chi connectivity index (χ0v) is 13.7. The van der Waals surface area contributed by atoms with Crippen LogP contribution in [-0.2, 0) is 27.8 Å². The van der Waals surface area contributed by atoms with E-state index < -0.39 is 10.8 Å².